The first-order valence-corrected chi connectivity index (χ1v) is 9.81. The van der Waals surface area contributed by atoms with Crippen molar-refractivity contribution in [3.05, 3.63) is 58.0 Å². The monoisotopic (exact) mass is 513 g/mol. The Kier molecular flexibility index (Phi) is 7.22. The Balaban J connectivity index is 1.96. The lowest BCUT2D eigenvalue weighted by Gasteiger charge is -2.30. The highest BCUT2D eigenvalue weighted by molar-refractivity contribution is 6.22. The van der Waals surface area contributed by atoms with Gasteiger partial charge in [-0.25, -0.2) is 19.1 Å². The number of carbonyl (C=O) groups is 3. The number of methoxy groups -OCH3 is 1. The zero-order valence-electron chi connectivity index (χ0n) is 18.4. The topological polar surface area (TPSA) is 138 Å². The molecule has 0 spiro atoms. The molecule has 2 aromatic rings. The number of alkyl halides is 3. The van der Waals surface area contributed by atoms with Gasteiger partial charge in [-0.2, -0.15) is 13.2 Å². The van der Waals surface area contributed by atoms with E-state index in [9.17, 15) is 42.1 Å². The van der Waals surface area contributed by atoms with Crippen LogP contribution in [0, 0.1) is 21.8 Å². The summed E-state index contributed by atoms with van der Waals surface area (Å²) >= 11 is 0. The second-order valence-electron chi connectivity index (χ2n) is 7.16. The molecule has 2 heterocycles. The SMILES string of the molecule is COC(=O)COc1ccc(Oc2cc(N3C(=O)C=C(C(F)(F)F)C(C)C3=O)c(F)cc2[N+](=O)[O-])cn1. The van der Waals surface area contributed by atoms with Gasteiger partial charge in [0, 0.05) is 18.2 Å². The second kappa shape index (κ2) is 9.97. The third kappa shape index (κ3) is 5.39. The first kappa shape index (κ1) is 26.1. The highest BCUT2D eigenvalue weighted by Gasteiger charge is 2.46. The number of nitro groups is 1. The van der Waals surface area contributed by atoms with Crippen LogP contribution in [0.2, 0.25) is 0 Å². The number of imide groups is 1. The van der Waals surface area contributed by atoms with Gasteiger partial charge in [-0.3, -0.25) is 19.7 Å². The van der Waals surface area contributed by atoms with Crippen molar-refractivity contribution in [1.82, 2.24) is 4.98 Å². The number of carbonyl (C=O) groups excluding carboxylic acids is 3. The molecule has 0 fully saturated rings. The maximum absolute atomic E-state index is 14.7. The van der Waals surface area contributed by atoms with Gasteiger partial charge in [-0.05, 0) is 13.0 Å². The molecular formula is C21H15F4N3O8. The molecule has 15 heteroatoms. The van der Waals surface area contributed by atoms with Gasteiger partial charge in [0.15, 0.2) is 12.4 Å². The third-order valence-electron chi connectivity index (χ3n) is 4.85. The average Bonchev–Trinajstić information content (AvgIpc) is 2.81. The summed E-state index contributed by atoms with van der Waals surface area (Å²) in [6.07, 6.45) is -3.78. The van der Waals surface area contributed by atoms with Gasteiger partial charge in [0.1, 0.15) is 5.75 Å². The third-order valence-corrected chi connectivity index (χ3v) is 4.85. The summed E-state index contributed by atoms with van der Waals surface area (Å²) in [4.78, 5) is 50.4. The summed E-state index contributed by atoms with van der Waals surface area (Å²) in [5, 5.41) is 11.4. The van der Waals surface area contributed by atoms with Crippen molar-refractivity contribution >= 4 is 29.2 Å². The Morgan fingerprint density at radius 2 is 1.94 bits per heavy atom. The predicted molar refractivity (Wildman–Crippen MR) is 111 cm³/mol. The zero-order valence-corrected chi connectivity index (χ0v) is 18.4. The number of hydrogen-bond donors (Lipinski definition) is 0. The number of nitro benzene ring substituents is 1. The maximum Gasteiger partial charge on any atom is 0.413 e. The molecule has 1 aromatic carbocycles. The fraction of sp³-hybridized carbons (Fsp3) is 0.238. The van der Waals surface area contributed by atoms with Crippen LogP contribution in [0.4, 0.5) is 28.9 Å². The van der Waals surface area contributed by atoms with Crippen LogP contribution in [0.3, 0.4) is 0 Å². The largest absolute Gasteiger partial charge is 0.466 e. The summed E-state index contributed by atoms with van der Waals surface area (Å²) in [6.45, 7) is 0.439. The zero-order chi connectivity index (χ0) is 26.8. The fourth-order valence-corrected chi connectivity index (χ4v) is 3.08. The van der Waals surface area contributed by atoms with E-state index in [1.165, 1.54) is 12.1 Å². The minimum Gasteiger partial charge on any atom is -0.466 e. The quantitative estimate of drug-likeness (QED) is 0.179. The van der Waals surface area contributed by atoms with Crippen molar-refractivity contribution in [3.8, 4) is 17.4 Å². The van der Waals surface area contributed by atoms with E-state index in [2.05, 4.69) is 9.72 Å². The number of halogens is 4. The van der Waals surface area contributed by atoms with Crippen molar-refractivity contribution in [2.75, 3.05) is 18.6 Å². The van der Waals surface area contributed by atoms with Crippen LogP contribution >= 0.6 is 0 Å². The van der Waals surface area contributed by atoms with Crippen LogP contribution < -0.4 is 14.4 Å². The van der Waals surface area contributed by atoms with Crippen molar-refractivity contribution in [2.45, 2.75) is 13.1 Å². The standard InChI is InChI=1S/C21H15F4N3O8/c1-10-12(21(23,24)25)5-18(29)27(20(10)31)14-7-16(15(28(32)33)6-13(14)22)36-11-3-4-17(26-8-11)35-9-19(30)34-2/h3-8,10H,9H2,1-2H3. The normalized spacial score (nSPS) is 15.9. The Morgan fingerprint density at radius 1 is 1.25 bits per heavy atom. The number of hydrogen-bond acceptors (Lipinski definition) is 9. The highest BCUT2D eigenvalue weighted by atomic mass is 19.4. The summed E-state index contributed by atoms with van der Waals surface area (Å²) < 4.78 is 68.9. The Morgan fingerprint density at radius 3 is 2.50 bits per heavy atom. The molecule has 0 N–H and O–H groups in total. The number of anilines is 1. The molecule has 0 radical (unpaired) electrons. The lowest BCUT2D eigenvalue weighted by atomic mass is 9.94. The minimum absolute atomic E-state index is 0.0344. The van der Waals surface area contributed by atoms with E-state index in [1.54, 1.807) is 0 Å². The number of benzene rings is 1. The van der Waals surface area contributed by atoms with Crippen LogP contribution in [0.15, 0.2) is 42.1 Å². The number of nitrogens with zero attached hydrogens (tertiary/aromatic N) is 3. The molecule has 0 saturated heterocycles. The molecular weight excluding hydrogens is 498 g/mol. The molecule has 190 valence electrons. The van der Waals surface area contributed by atoms with Gasteiger partial charge in [-0.1, -0.05) is 0 Å². The molecule has 1 atom stereocenters. The molecule has 36 heavy (non-hydrogen) atoms. The van der Waals surface area contributed by atoms with Crippen LogP contribution in [0.25, 0.3) is 0 Å². The lowest BCUT2D eigenvalue weighted by molar-refractivity contribution is -0.385. The van der Waals surface area contributed by atoms with Crippen LogP contribution in [-0.2, 0) is 19.1 Å². The molecule has 0 bridgehead atoms. The molecule has 11 nitrogen and oxygen atoms in total. The van der Waals surface area contributed by atoms with E-state index in [-0.39, 0.29) is 22.6 Å². The van der Waals surface area contributed by atoms with Crippen molar-refractivity contribution < 1.29 is 51.1 Å². The molecule has 2 amide bonds. The van der Waals surface area contributed by atoms with Crippen molar-refractivity contribution in [1.29, 1.82) is 0 Å². The van der Waals surface area contributed by atoms with Gasteiger partial charge >= 0.3 is 17.8 Å². The minimum atomic E-state index is -4.97. The molecule has 1 aromatic heterocycles. The number of rotatable bonds is 7. The second-order valence-corrected chi connectivity index (χ2v) is 7.16. The summed E-state index contributed by atoms with van der Waals surface area (Å²) in [5.41, 5.74) is -3.16. The van der Waals surface area contributed by atoms with Gasteiger partial charge in [0.2, 0.25) is 17.5 Å². The first-order valence-electron chi connectivity index (χ1n) is 9.81. The summed E-state index contributed by atoms with van der Waals surface area (Å²) in [7, 11) is 1.15. The summed E-state index contributed by atoms with van der Waals surface area (Å²) in [6, 6.07) is 3.46. The Hall–Kier alpha value is -4.56. The van der Waals surface area contributed by atoms with E-state index in [0.29, 0.717) is 12.1 Å². The van der Waals surface area contributed by atoms with E-state index in [0.717, 1.165) is 20.2 Å². The lowest BCUT2D eigenvalue weighted by Crippen LogP contribution is -2.46. The average molecular weight is 513 g/mol. The molecule has 1 aliphatic heterocycles. The van der Waals surface area contributed by atoms with Gasteiger partial charge < -0.3 is 14.2 Å². The van der Waals surface area contributed by atoms with Gasteiger partial charge in [-0.15, -0.1) is 0 Å². The molecule has 3 rings (SSSR count). The molecule has 0 aliphatic carbocycles. The van der Waals surface area contributed by atoms with Crippen LogP contribution in [0.5, 0.6) is 17.4 Å². The van der Waals surface area contributed by atoms with Crippen LogP contribution in [-0.4, -0.2) is 47.6 Å². The number of amides is 2. The Bertz CT molecular complexity index is 1260. The number of ether oxygens (including phenoxy) is 3. The number of aromatic nitrogens is 1. The molecule has 1 aliphatic rings. The van der Waals surface area contributed by atoms with Crippen molar-refractivity contribution in [2.24, 2.45) is 5.92 Å². The molecule has 1 unspecified atom stereocenters. The van der Waals surface area contributed by atoms with Gasteiger partial charge in [0.05, 0.1) is 41.5 Å². The van der Waals surface area contributed by atoms with Crippen LogP contribution in [0.1, 0.15) is 6.92 Å². The van der Waals surface area contributed by atoms with E-state index < -0.39 is 69.9 Å². The van der Waals surface area contributed by atoms with E-state index in [4.69, 9.17) is 9.47 Å². The first-order chi connectivity index (χ1) is 16.8. The predicted octanol–water partition coefficient (Wildman–Crippen LogP) is 3.47. The smallest absolute Gasteiger partial charge is 0.413 e. The van der Waals surface area contributed by atoms with Crippen molar-refractivity contribution in [3.63, 3.8) is 0 Å². The fourth-order valence-electron chi connectivity index (χ4n) is 3.08. The van der Waals surface area contributed by atoms with E-state index in [1.807, 2.05) is 0 Å². The summed E-state index contributed by atoms with van der Waals surface area (Å²) in [5.74, 6) is -7.63. The number of esters is 1. The van der Waals surface area contributed by atoms with Gasteiger partial charge in [0.25, 0.3) is 5.91 Å². The maximum atomic E-state index is 14.7. The molecule has 0 saturated carbocycles. The number of pyridine rings is 1. The highest BCUT2D eigenvalue weighted by Crippen LogP contribution is 2.41. The Labute approximate surface area is 199 Å². The van der Waals surface area contributed by atoms with E-state index >= 15 is 0 Å².